The minimum Gasteiger partial charge on any atom is -0.466 e. The van der Waals surface area contributed by atoms with E-state index in [2.05, 4.69) is 9.97 Å². The van der Waals surface area contributed by atoms with E-state index >= 15 is 0 Å². The third kappa shape index (κ3) is 2.28. The molecule has 114 valence electrons. The number of carbonyl (C=O) groups is 1. The van der Waals surface area contributed by atoms with Crippen molar-refractivity contribution >= 4 is 22.8 Å². The van der Waals surface area contributed by atoms with Gasteiger partial charge in [0.15, 0.2) is 0 Å². The predicted molar refractivity (Wildman–Crippen MR) is 78.8 cm³/mol. The fourth-order valence-electron chi connectivity index (χ4n) is 2.31. The summed E-state index contributed by atoms with van der Waals surface area (Å²) < 4.78 is 7.09. The molecule has 0 aliphatic rings. The number of nitrogens with zero attached hydrogens (tertiary/aromatic N) is 3. The molecule has 1 aromatic carbocycles. The Labute approximate surface area is 124 Å². The fourth-order valence-corrected chi connectivity index (χ4v) is 2.31. The Morgan fingerprint density at radius 3 is 2.86 bits per heavy atom. The summed E-state index contributed by atoms with van der Waals surface area (Å²) >= 11 is 0. The number of imidazole rings is 1. The van der Waals surface area contributed by atoms with Crippen molar-refractivity contribution in [2.24, 2.45) is 0 Å². The van der Waals surface area contributed by atoms with Crippen LogP contribution in [0.2, 0.25) is 0 Å². The molecule has 8 heteroatoms. The molecule has 0 fully saturated rings. The maximum atomic E-state index is 12.5. The van der Waals surface area contributed by atoms with Crippen molar-refractivity contribution in [1.29, 1.82) is 0 Å². The SMILES string of the molecule is CCOC(=O)CCn1c(=O)[nH]c2nc3ccccc3n2c1=O. The molecule has 8 nitrogen and oxygen atoms in total. The Hall–Kier alpha value is -2.90. The van der Waals surface area contributed by atoms with Crippen molar-refractivity contribution in [2.75, 3.05) is 6.61 Å². The smallest absolute Gasteiger partial charge is 0.339 e. The number of benzene rings is 1. The van der Waals surface area contributed by atoms with Crippen molar-refractivity contribution in [2.45, 2.75) is 19.9 Å². The van der Waals surface area contributed by atoms with Crippen LogP contribution in [0.25, 0.3) is 16.8 Å². The van der Waals surface area contributed by atoms with Gasteiger partial charge in [-0.2, -0.15) is 0 Å². The summed E-state index contributed by atoms with van der Waals surface area (Å²) in [5.41, 5.74) is 0.0795. The van der Waals surface area contributed by atoms with Crippen LogP contribution in [0.4, 0.5) is 0 Å². The lowest BCUT2D eigenvalue weighted by Gasteiger charge is -2.05. The van der Waals surface area contributed by atoms with E-state index in [1.807, 2.05) is 0 Å². The molecule has 0 aliphatic heterocycles. The van der Waals surface area contributed by atoms with Gasteiger partial charge in [0.05, 0.1) is 24.1 Å². The number of aromatic nitrogens is 4. The van der Waals surface area contributed by atoms with E-state index in [-0.39, 0.29) is 25.4 Å². The van der Waals surface area contributed by atoms with Crippen molar-refractivity contribution < 1.29 is 9.53 Å². The highest BCUT2D eigenvalue weighted by molar-refractivity contribution is 5.79. The van der Waals surface area contributed by atoms with Gasteiger partial charge in [0.25, 0.3) is 0 Å². The number of hydrogen-bond donors (Lipinski definition) is 1. The third-order valence-electron chi connectivity index (χ3n) is 3.29. The zero-order valence-electron chi connectivity index (χ0n) is 11.9. The molecule has 0 amide bonds. The first kappa shape index (κ1) is 14.1. The summed E-state index contributed by atoms with van der Waals surface area (Å²) in [6, 6.07) is 7.07. The van der Waals surface area contributed by atoms with Gasteiger partial charge in [-0.15, -0.1) is 0 Å². The molecule has 0 bridgehead atoms. The monoisotopic (exact) mass is 302 g/mol. The molecule has 0 saturated carbocycles. The molecule has 0 spiro atoms. The third-order valence-corrected chi connectivity index (χ3v) is 3.29. The Morgan fingerprint density at radius 2 is 2.09 bits per heavy atom. The lowest BCUT2D eigenvalue weighted by atomic mass is 10.3. The Bertz CT molecular complexity index is 966. The molecule has 22 heavy (non-hydrogen) atoms. The molecule has 0 saturated heterocycles. The minimum absolute atomic E-state index is 0.0462. The molecular formula is C14H14N4O4. The summed E-state index contributed by atoms with van der Waals surface area (Å²) in [7, 11) is 0. The number of esters is 1. The number of nitrogens with one attached hydrogen (secondary N) is 1. The Balaban J connectivity index is 2.11. The van der Waals surface area contributed by atoms with E-state index in [4.69, 9.17) is 4.74 Å². The van der Waals surface area contributed by atoms with E-state index in [9.17, 15) is 14.4 Å². The summed E-state index contributed by atoms with van der Waals surface area (Å²) in [5, 5.41) is 0. The molecule has 0 aliphatic carbocycles. The zero-order valence-corrected chi connectivity index (χ0v) is 11.9. The lowest BCUT2D eigenvalue weighted by Crippen LogP contribution is -2.39. The standard InChI is InChI=1S/C14H14N4O4/c1-2-22-11(19)7-8-17-13(20)16-12-15-9-5-3-4-6-10(9)18(12)14(17)21/h3-6H,2,7-8H2,1H3,(H,15,16,20). The van der Waals surface area contributed by atoms with Gasteiger partial charge in [-0.05, 0) is 19.1 Å². The zero-order chi connectivity index (χ0) is 15.7. The first-order valence-electron chi connectivity index (χ1n) is 6.87. The van der Waals surface area contributed by atoms with Crippen LogP contribution in [-0.4, -0.2) is 31.5 Å². The van der Waals surface area contributed by atoms with Crippen LogP contribution < -0.4 is 11.4 Å². The van der Waals surface area contributed by atoms with Crippen LogP contribution in [0.15, 0.2) is 33.9 Å². The highest BCUT2D eigenvalue weighted by atomic mass is 16.5. The number of rotatable bonds is 4. The highest BCUT2D eigenvalue weighted by Gasteiger charge is 2.13. The molecule has 0 unspecified atom stereocenters. The molecule has 0 radical (unpaired) electrons. The van der Waals surface area contributed by atoms with Gasteiger partial charge in [-0.25, -0.2) is 23.5 Å². The maximum Gasteiger partial charge on any atom is 0.339 e. The van der Waals surface area contributed by atoms with Crippen LogP contribution >= 0.6 is 0 Å². The van der Waals surface area contributed by atoms with Crippen molar-refractivity contribution in [1.82, 2.24) is 18.9 Å². The second kappa shape index (κ2) is 5.47. The van der Waals surface area contributed by atoms with Gasteiger partial charge in [0, 0.05) is 6.54 Å². The van der Waals surface area contributed by atoms with E-state index in [0.29, 0.717) is 11.0 Å². The van der Waals surface area contributed by atoms with Gasteiger partial charge < -0.3 is 4.74 Å². The molecular weight excluding hydrogens is 288 g/mol. The first-order chi connectivity index (χ1) is 10.6. The number of aromatic amines is 1. The number of H-pyrrole nitrogens is 1. The summed E-state index contributed by atoms with van der Waals surface area (Å²) in [6.45, 7) is 1.91. The number of fused-ring (bicyclic) bond motifs is 3. The Kier molecular flexibility index (Phi) is 3.50. The number of carbonyl (C=O) groups excluding carboxylic acids is 1. The normalized spacial score (nSPS) is 11.1. The summed E-state index contributed by atoms with van der Waals surface area (Å²) in [5.74, 6) is -0.270. The van der Waals surface area contributed by atoms with Crippen LogP contribution in [0.5, 0.6) is 0 Å². The van der Waals surface area contributed by atoms with Gasteiger partial charge in [0.2, 0.25) is 5.78 Å². The molecule has 2 heterocycles. The predicted octanol–water partition coefficient (Wildman–Crippen LogP) is 0.291. The largest absolute Gasteiger partial charge is 0.466 e. The molecule has 3 aromatic rings. The number of hydrogen-bond acceptors (Lipinski definition) is 5. The first-order valence-corrected chi connectivity index (χ1v) is 6.87. The molecule has 1 N–H and O–H groups in total. The van der Waals surface area contributed by atoms with Crippen molar-refractivity contribution in [3.8, 4) is 0 Å². The maximum absolute atomic E-state index is 12.5. The van der Waals surface area contributed by atoms with E-state index in [0.717, 1.165) is 4.57 Å². The van der Waals surface area contributed by atoms with Crippen LogP contribution in [-0.2, 0) is 16.1 Å². The van der Waals surface area contributed by atoms with Gasteiger partial charge in [-0.1, -0.05) is 12.1 Å². The average molecular weight is 302 g/mol. The van der Waals surface area contributed by atoms with Crippen molar-refractivity contribution in [3.05, 3.63) is 45.2 Å². The molecule has 2 aromatic heterocycles. The number of ether oxygens (including phenoxy) is 1. The number of para-hydroxylation sites is 2. The topological polar surface area (TPSA) is 98.5 Å². The van der Waals surface area contributed by atoms with Crippen LogP contribution in [0.3, 0.4) is 0 Å². The minimum atomic E-state index is -0.600. The van der Waals surface area contributed by atoms with E-state index < -0.39 is 17.3 Å². The van der Waals surface area contributed by atoms with Crippen LogP contribution in [0, 0.1) is 0 Å². The summed E-state index contributed by atoms with van der Waals surface area (Å²) in [6.07, 6.45) is -0.0467. The van der Waals surface area contributed by atoms with Gasteiger partial charge >= 0.3 is 17.3 Å². The lowest BCUT2D eigenvalue weighted by molar-refractivity contribution is -0.143. The fraction of sp³-hybridized carbons (Fsp3) is 0.286. The van der Waals surface area contributed by atoms with Gasteiger partial charge in [0.1, 0.15) is 0 Å². The molecule has 0 atom stereocenters. The second-order valence-corrected chi connectivity index (χ2v) is 4.68. The quantitative estimate of drug-likeness (QED) is 0.698. The van der Waals surface area contributed by atoms with Crippen molar-refractivity contribution in [3.63, 3.8) is 0 Å². The van der Waals surface area contributed by atoms with E-state index in [1.54, 1.807) is 31.2 Å². The van der Waals surface area contributed by atoms with E-state index in [1.165, 1.54) is 4.40 Å². The summed E-state index contributed by atoms with van der Waals surface area (Å²) in [4.78, 5) is 42.7. The van der Waals surface area contributed by atoms with Gasteiger partial charge in [-0.3, -0.25) is 9.78 Å². The Morgan fingerprint density at radius 1 is 1.32 bits per heavy atom. The second-order valence-electron chi connectivity index (χ2n) is 4.68. The van der Waals surface area contributed by atoms with Crippen LogP contribution in [0.1, 0.15) is 13.3 Å². The molecule has 3 rings (SSSR count). The highest BCUT2D eigenvalue weighted by Crippen LogP contribution is 2.11. The average Bonchev–Trinajstić information content (AvgIpc) is 2.85.